The van der Waals surface area contributed by atoms with Crippen LogP contribution in [0.1, 0.15) is 15.9 Å². The van der Waals surface area contributed by atoms with Crippen molar-refractivity contribution in [3.05, 3.63) is 22.2 Å². The Morgan fingerprint density at radius 2 is 2.11 bits per heavy atom. The molecule has 6 nitrogen and oxygen atoms in total. The summed E-state index contributed by atoms with van der Waals surface area (Å²) in [5.41, 5.74) is 6.21. The van der Waals surface area contributed by atoms with Gasteiger partial charge in [0.25, 0.3) is 0 Å². The minimum Gasteiger partial charge on any atom is -0.486 e. The Balaban J connectivity index is 2.47. The molecule has 0 saturated heterocycles. The summed E-state index contributed by atoms with van der Waals surface area (Å²) in [6, 6.07) is 0.412. The van der Waals surface area contributed by atoms with Gasteiger partial charge in [-0.3, -0.25) is 9.59 Å². The summed E-state index contributed by atoms with van der Waals surface area (Å²) >= 11 is 5.97. The molecule has 0 radical (unpaired) electrons. The summed E-state index contributed by atoms with van der Waals surface area (Å²) in [6.45, 7) is 0.626. The molecular weight excluding hydrogens is 274 g/mol. The molecule has 0 fully saturated rings. The average molecular weight is 286 g/mol. The zero-order valence-corrected chi connectivity index (χ0v) is 10.6. The number of halogens is 1. The first-order valence-electron chi connectivity index (χ1n) is 5.59. The number of aldehydes is 1. The molecule has 1 aliphatic rings. The first-order valence-corrected chi connectivity index (χ1v) is 5.97. The molecule has 0 amide bonds. The number of hydrogen-bond acceptors (Lipinski definition) is 5. The van der Waals surface area contributed by atoms with Gasteiger partial charge in [0.1, 0.15) is 19.3 Å². The maximum Gasteiger partial charge on any atom is 0.320 e. The second kappa shape index (κ2) is 5.46. The summed E-state index contributed by atoms with van der Waals surface area (Å²) in [5, 5.41) is 9.02. The monoisotopic (exact) mass is 285 g/mol. The topological polar surface area (TPSA) is 98.9 Å². The summed E-state index contributed by atoms with van der Waals surface area (Å²) in [6.07, 6.45) is 0.622. The Labute approximate surface area is 114 Å². The first-order chi connectivity index (χ1) is 9.04. The average Bonchev–Trinajstić information content (AvgIpc) is 2.39. The largest absolute Gasteiger partial charge is 0.486 e. The molecule has 0 saturated carbocycles. The number of carbonyl (C=O) groups excluding carboxylic acids is 1. The molecular formula is C12H12ClNO5. The van der Waals surface area contributed by atoms with Crippen molar-refractivity contribution >= 4 is 23.9 Å². The predicted molar refractivity (Wildman–Crippen MR) is 67.1 cm³/mol. The fraction of sp³-hybridized carbons (Fsp3) is 0.333. The van der Waals surface area contributed by atoms with E-state index in [-0.39, 0.29) is 22.8 Å². The van der Waals surface area contributed by atoms with E-state index in [1.165, 1.54) is 6.07 Å². The molecule has 1 aliphatic heterocycles. The van der Waals surface area contributed by atoms with Crippen molar-refractivity contribution in [1.29, 1.82) is 0 Å². The molecule has 102 valence electrons. The van der Waals surface area contributed by atoms with Crippen molar-refractivity contribution < 1.29 is 24.2 Å². The molecule has 19 heavy (non-hydrogen) atoms. The minimum absolute atomic E-state index is 0.0416. The quantitative estimate of drug-likeness (QED) is 0.797. The lowest BCUT2D eigenvalue weighted by molar-refractivity contribution is -0.138. The van der Waals surface area contributed by atoms with Crippen LogP contribution < -0.4 is 15.2 Å². The van der Waals surface area contributed by atoms with Gasteiger partial charge in [-0.05, 0) is 6.07 Å². The summed E-state index contributed by atoms with van der Waals surface area (Å²) in [7, 11) is 0. The highest BCUT2D eigenvalue weighted by Gasteiger charge is 2.25. The molecule has 0 spiro atoms. The first kappa shape index (κ1) is 13.6. The van der Waals surface area contributed by atoms with Crippen molar-refractivity contribution in [3.63, 3.8) is 0 Å². The minimum atomic E-state index is -1.12. The Hall–Kier alpha value is -1.79. The zero-order chi connectivity index (χ0) is 14.0. The molecule has 3 N–H and O–H groups in total. The van der Waals surface area contributed by atoms with E-state index in [1.54, 1.807) is 0 Å². The number of carboxylic acids is 1. The molecule has 0 aromatic heterocycles. The highest BCUT2D eigenvalue weighted by atomic mass is 35.5. The Kier molecular flexibility index (Phi) is 3.92. The van der Waals surface area contributed by atoms with E-state index in [4.69, 9.17) is 31.9 Å². The lowest BCUT2D eigenvalue weighted by Crippen LogP contribution is -2.32. The van der Waals surface area contributed by atoms with Crippen LogP contribution in [0.15, 0.2) is 6.07 Å². The number of aliphatic carboxylic acids is 1. The number of fused-ring (bicyclic) bond motifs is 1. The van der Waals surface area contributed by atoms with Crippen molar-refractivity contribution in [3.8, 4) is 11.5 Å². The standard InChI is InChI=1S/C12H12ClNO5/c13-8-3-6(4-9(14)12(16)17)10-11(7(8)5-15)19-2-1-18-10/h3,5,9H,1-2,4,14H2,(H,16,17). The highest BCUT2D eigenvalue weighted by molar-refractivity contribution is 6.33. The van der Waals surface area contributed by atoms with Crippen molar-refractivity contribution in [2.45, 2.75) is 12.5 Å². The summed E-state index contributed by atoms with van der Waals surface area (Å²) in [4.78, 5) is 21.8. The number of ether oxygens (including phenoxy) is 2. The van der Waals surface area contributed by atoms with Crippen molar-refractivity contribution in [2.24, 2.45) is 5.73 Å². The van der Waals surface area contributed by atoms with Gasteiger partial charge in [0.05, 0.1) is 10.6 Å². The maximum absolute atomic E-state index is 11.0. The van der Waals surface area contributed by atoms with Gasteiger partial charge in [-0.25, -0.2) is 0 Å². The van der Waals surface area contributed by atoms with Gasteiger partial charge in [0, 0.05) is 12.0 Å². The van der Waals surface area contributed by atoms with E-state index < -0.39 is 12.0 Å². The van der Waals surface area contributed by atoms with E-state index in [2.05, 4.69) is 0 Å². The molecule has 2 rings (SSSR count). The lowest BCUT2D eigenvalue weighted by Gasteiger charge is -2.23. The van der Waals surface area contributed by atoms with Crippen LogP contribution in [0.5, 0.6) is 11.5 Å². The van der Waals surface area contributed by atoms with Crippen LogP contribution in [0, 0.1) is 0 Å². The van der Waals surface area contributed by atoms with Gasteiger partial charge >= 0.3 is 5.97 Å². The number of hydrogen-bond donors (Lipinski definition) is 2. The fourth-order valence-corrected chi connectivity index (χ4v) is 2.11. The van der Waals surface area contributed by atoms with Crippen molar-refractivity contribution in [2.75, 3.05) is 13.2 Å². The van der Waals surface area contributed by atoms with E-state index in [0.29, 0.717) is 30.8 Å². The van der Waals surface area contributed by atoms with Gasteiger partial charge in [0.2, 0.25) is 0 Å². The van der Waals surface area contributed by atoms with Gasteiger partial charge in [-0.15, -0.1) is 0 Å². The van der Waals surface area contributed by atoms with Crippen LogP contribution >= 0.6 is 11.6 Å². The van der Waals surface area contributed by atoms with Gasteiger partial charge in [-0.1, -0.05) is 11.6 Å². The van der Waals surface area contributed by atoms with E-state index in [9.17, 15) is 9.59 Å². The predicted octanol–water partition coefficient (Wildman–Crippen LogP) is 0.878. The highest BCUT2D eigenvalue weighted by Crippen LogP contribution is 2.40. The molecule has 1 aromatic carbocycles. The van der Waals surface area contributed by atoms with Gasteiger partial charge < -0.3 is 20.3 Å². The van der Waals surface area contributed by atoms with E-state index >= 15 is 0 Å². The number of carboxylic acid groups (broad SMARTS) is 1. The van der Waals surface area contributed by atoms with Crippen molar-refractivity contribution in [1.82, 2.24) is 0 Å². The Morgan fingerprint density at radius 3 is 2.68 bits per heavy atom. The fourth-order valence-electron chi connectivity index (χ4n) is 1.85. The molecule has 7 heteroatoms. The molecule has 1 unspecified atom stereocenters. The third kappa shape index (κ3) is 2.64. The molecule has 0 aliphatic carbocycles. The molecule has 1 aromatic rings. The second-order valence-corrected chi connectivity index (χ2v) is 4.46. The second-order valence-electron chi connectivity index (χ2n) is 4.05. The lowest BCUT2D eigenvalue weighted by atomic mass is 10.0. The van der Waals surface area contributed by atoms with Crippen LogP contribution in [0.4, 0.5) is 0 Å². The van der Waals surface area contributed by atoms with Crippen LogP contribution in [0.25, 0.3) is 0 Å². The van der Waals surface area contributed by atoms with E-state index in [1.807, 2.05) is 0 Å². The summed E-state index contributed by atoms with van der Waals surface area (Å²) in [5.74, 6) is -0.531. The van der Waals surface area contributed by atoms with Crippen LogP contribution in [-0.4, -0.2) is 36.6 Å². The molecule has 1 heterocycles. The SMILES string of the molecule is NC(Cc1cc(Cl)c(C=O)c2c1OCCO2)C(=O)O. The summed E-state index contributed by atoms with van der Waals surface area (Å²) < 4.78 is 10.8. The number of benzene rings is 1. The number of rotatable bonds is 4. The third-order valence-corrected chi connectivity index (χ3v) is 3.06. The van der Waals surface area contributed by atoms with Gasteiger partial charge in [-0.2, -0.15) is 0 Å². The Morgan fingerprint density at radius 1 is 1.47 bits per heavy atom. The van der Waals surface area contributed by atoms with Crippen LogP contribution in [-0.2, 0) is 11.2 Å². The number of carbonyl (C=O) groups is 2. The van der Waals surface area contributed by atoms with Gasteiger partial charge in [0.15, 0.2) is 17.8 Å². The van der Waals surface area contributed by atoms with E-state index in [0.717, 1.165) is 0 Å². The van der Waals surface area contributed by atoms with Crippen LogP contribution in [0.2, 0.25) is 5.02 Å². The molecule has 0 bridgehead atoms. The third-order valence-electron chi connectivity index (χ3n) is 2.75. The Bertz CT molecular complexity index is 531. The zero-order valence-electron chi connectivity index (χ0n) is 9.89. The van der Waals surface area contributed by atoms with Crippen LogP contribution in [0.3, 0.4) is 0 Å². The smallest absolute Gasteiger partial charge is 0.320 e. The molecule has 1 atom stereocenters. The maximum atomic E-state index is 11.0. The normalized spacial score (nSPS) is 14.8. The number of nitrogens with two attached hydrogens (primary N) is 1.